The van der Waals surface area contributed by atoms with Crippen molar-refractivity contribution in [2.75, 3.05) is 19.5 Å². The van der Waals surface area contributed by atoms with E-state index < -0.39 is 0 Å². The molecule has 0 saturated carbocycles. The minimum absolute atomic E-state index is 0.0924. The van der Waals surface area contributed by atoms with Crippen LogP contribution in [0.3, 0.4) is 0 Å². The van der Waals surface area contributed by atoms with Gasteiger partial charge in [-0.15, -0.1) is 11.8 Å². The number of nitrogens with zero attached hydrogens (tertiary/aromatic N) is 2. The second kappa shape index (κ2) is 7.06. The zero-order chi connectivity index (χ0) is 17.2. The van der Waals surface area contributed by atoms with Gasteiger partial charge in [0.05, 0.1) is 5.56 Å². The highest BCUT2D eigenvalue weighted by Gasteiger charge is 2.18. The number of imidazole rings is 1. The molecule has 25 heavy (non-hydrogen) atoms. The molecule has 0 atom stereocenters. The van der Waals surface area contributed by atoms with Gasteiger partial charge in [0, 0.05) is 42.6 Å². The standard InChI is InChI=1S/C19H21N3O2S/c1-25-15-3-2-14-10-16(19(23)21-17(14)11-15)18-20-6-7-22(18)12-13-4-8-24-9-5-13/h2-3,6-7,10-11,13H,4-5,8-9,12H2,1H3,(H,21,23). The number of aromatic amines is 1. The monoisotopic (exact) mass is 355 g/mol. The number of nitrogens with one attached hydrogen (secondary N) is 1. The number of rotatable bonds is 4. The molecule has 2 aromatic heterocycles. The van der Waals surface area contributed by atoms with Crippen LogP contribution in [0.25, 0.3) is 22.3 Å². The molecule has 4 rings (SSSR count). The van der Waals surface area contributed by atoms with Gasteiger partial charge in [-0.1, -0.05) is 6.07 Å². The molecule has 1 saturated heterocycles. The van der Waals surface area contributed by atoms with Crippen LogP contribution in [0.15, 0.2) is 46.3 Å². The molecule has 1 aromatic carbocycles. The molecule has 0 spiro atoms. The quantitative estimate of drug-likeness (QED) is 0.727. The van der Waals surface area contributed by atoms with E-state index in [2.05, 4.69) is 20.6 Å². The van der Waals surface area contributed by atoms with Crippen molar-refractivity contribution in [1.82, 2.24) is 14.5 Å². The summed E-state index contributed by atoms with van der Waals surface area (Å²) in [7, 11) is 0. The van der Waals surface area contributed by atoms with Crippen LogP contribution in [-0.2, 0) is 11.3 Å². The fourth-order valence-corrected chi connectivity index (χ4v) is 3.82. The molecule has 1 aliphatic rings. The van der Waals surface area contributed by atoms with Gasteiger partial charge in [0.2, 0.25) is 0 Å². The number of pyridine rings is 1. The van der Waals surface area contributed by atoms with E-state index in [0.717, 1.165) is 54.2 Å². The average Bonchev–Trinajstić information content (AvgIpc) is 3.09. The van der Waals surface area contributed by atoms with Gasteiger partial charge in [0.1, 0.15) is 5.82 Å². The van der Waals surface area contributed by atoms with E-state index >= 15 is 0 Å². The first-order valence-corrected chi connectivity index (χ1v) is 9.77. The molecule has 0 bridgehead atoms. The zero-order valence-corrected chi connectivity index (χ0v) is 15.0. The lowest BCUT2D eigenvalue weighted by Crippen LogP contribution is -2.21. The number of aromatic nitrogens is 3. The first-order valence-electron chi connectivity index (χ1n) is 8.55. The molecule has 3 heterocycles. The minimum atomic E-state index is -0.0924. The van der Waals surface area contributed by atoms with Gasteiger partial charge in [-0.25, -0.2) is 4.98 Å². The zero-order valence-electron chi connectivity index (χ0n) is 14.2. The second-order valence-corrected chi connectivity index (χ2v) is 7.30. The van der Waals surface area contributed by atoms with Crippen molar-refractivity contribution in [2.24, 2.45) is 5.92 Å². The average molecular weight is 355 g/mol. The van der Waals surface area contributed by atoms with E-state index in [4.69, 9.17) is 4.74 Å². The van der Waals surface area contributed by atoms with Crippen LogP contribution in [-0.4, -0.2) is 34.0 Å². The Hall–Kier alpha value is -2.05. The van der Waals surface area contributed by atoms with Crippen LogP contribution >= 0.6 is 11.8 Å². The number of H-pyrrole nitrogens is 1. The number of benzene rings is 1. The largest absolute Gasteiger partial charge is 0.381 e. The maximum absolute atomic E-state index is 12.6. The number of ether oxygens (including phenoxy) is 1. The highest BCUT2D eigenvalue weighted by atomic mass is 32.2. The highest BCUT2D eigenvalue weighted by molar-refractivity contribution is 7.98. The first-order chi connectivity index (χ1) is 12.2. The summed E-state index contributed by atoms with van der Waals surface area (Å²) >= 11 is 1.66. The lowest BCUT2D eigenvalue weighted by atomic mass is 10.0. The van der Waals surface area contributed by atoms with E-state index in [9.17, 15) is 4.79 Å². The molecule has 130 valence electrons. The SMILES string of the molecule is CSc1ccc2cc(-c3nccn3CC3CCOCC3)c(=O)[nH]c2c1. The Bertz CT molecular complexity index is 941. The van der Waals surface area contributed by atoms with Crippen molar-refractivity contribution < 1.29 is 4.74 Å². The number of hydrogen-bond donors (Lipinski definition) is 1. The molecular formula is C19H21N3O2S. The summed E-state index contributed by atoms with van der Waals surface area (Å²) in [5.41, 5.74) is 1.40. The summed E-state index contributed by atoms with van der Waals surface area (Å²) in [6, 6.07) is 8.08. The molecule has 1 N–H and O–H groups in total. The van der Waals surface area contributed by atoms with Gasteiger partial charge in [0.15, 0.2) is 0 Å². The third-order valence-electron chi connectivity index (χ3n) is 4.81. The number of hydrogen-bond acceptors (Lipinski definition) is 4. The summed E-state index contributed by atoms with van der Waals surface area (Å²) < 4.78 is 7.54. The topological polar surface area (TPSA) is 59.9 Å². The molecular weight excluding hydrogens is 334 g/mol. The van der Waals surface area contributed by atoms with Crippen LogP contribution in [0, 0.1) is 5.92 Å². The molecule has 3 aromatic rings. The van der Waals surface area contributed by atoms with Crippen LogP contribution in [0.5, 0.6) is 0 Å². The smallest absolute Gasteiger partial charge is 0.259 e. The lowest BCUT2D eigenvalue weighted by Gasteiger charge is -2.23. The van der Waals surface area contributed by atoms with E-state index in [1.165, 1.54) is 0 Å². The molecule has 0 unspecified atom stereocenters. The van der Waals surface area contributed by atoms with Crippen LogP contribution in [0.1, 0.15) is 12.8 Å². The van der Waals surface area contributed by atoms with E-state index in [0.29, 0.717) is 11.5 Å². The maximum Gasteiger partial charge on any atom is 0.259 e. The van der Waals surface area contributed by atoms with Gasteiger partial charge >= 0.3 is 0 Å². The van der Waals surface area contributed by atoms with E-state index in [1.807, 2.05) is 30.7 Å². The van der Waals surface area contributed by atoms with Gasteiger partial charge in [-0.3, -0.25) is 4.79 Å². The molecule has 0 amide bonds. The Kier molecular flexibility index (Phi) is 4.63. The van der Waals surface area contributed by atoms with E-state index in [1.54, 1.807) is 18.0 Å². The Labute approximate surface area is 150 Å². The van der Waals surface area contributed by atoms with Crippen molar-refractivity contribution in [1.29, 1.82) is 0 Å². The Morgan fingerprint density at radius 2 is 2.16 bits per heavy atom. The summed E-state index contributed by atoms with van der Waals surface area (Å²) in [5, 5.41) is 1.02. The molecule has 5 nitrogen and oxygen atoms in total. The third-order valence-corrected chi connectivity index (χ3v) is 5.53. The van der Waals surface area contributed by atoms with Crippen LogP contribution in [0.4, 0.5) is 0 Å². The molecule has 1 aliphatic heterocycles. The Morgan fingerprint density at radius 3 is 2.96 bits per heavy atom. The first kappa shape index (κ1) is 16.4. The van der Waals surface area contributed by atoms with E-state index in [-0.39, 0.29) is 5.56 Å². The highest BCUT2D eigenvalue weighted by Crippen LogP contribution is 2.24. The second-order valence-electron chi connectivity index (χ2n) is 6.42. The minimum Gasteiger partial charge on any atom is -0.381 e. The maximum atomic E-state index is 12.6. The van der Waals surface area contributed by atoms with Crippen molar-refractivity contribution in [3.8, 4) is 11.4 Å². The van der Waals surface area contributed by atoms with Gasteiger partial charge in [-0.2, -0.15) is 0 Å². The normalized spacial score (nSPS) is 15.7. The number of thioether (sulfide) groups is 1. The van der Waals surface area contributed by atoms with Crippen molar-refractivity contribution in [3.05, 3.63) is 47.0 Å². The van der Waals surface area contributed by atoms with Gasteiger partial charge in [0.25, 0.3) is 5.56 Å². The van der Waals surface area contributed by atoms with Gasteiger partial charge < -0.3 is 14.3 Å². The Balaban J connectivity index is 1.71. The Morgan fingerprint density at radius 1 is 1.32 bits per heavy atom. The molecule has 0 radical (unpaired) electrons. The fraction of sp³-hybridized carbons (Fsp3) is 0.368. The van der Waals surface area contributed by atoms with Crippen molar-refractivity contribution in [2.45, 2.75) is 24.3 Å². The predicted molar refractivity (Wildman–Crippen MR) is 101 cm³/mol. The van der Waals surface area contributed by atoms with Crippen molar-refractivity contribution >= 4 is 22.7 Å². The molecule has 6 heteroatoms. The summed E-state index contributed by atoms with van der Waals surface area (Å²) in [6.45, 7) is 2.52. The predicted octanol–water partition coefficient (Wildman–Crippen LogP) is 3.54. The van der Waals surface area contributed by atoms with Crippen LogP contribution in [0.2, 0.25) is 0 Å². The summed E-state index contributed by atoms with van der Waals surface area (Å²) in [6.07, 6.45) is 7.88. The van der Waals surface area contributed by atoms with Crippen molar-refractivity contribution in [3.63, 3.8) is 0 Å². The lowest BCUT2D eigenvalue weighted by molar-refractivity contribution is 0.0614. The number of fused-ring (bicyclic) bond motifs is 1. The molecule has 1 fully saturated rings. The summed E-state index contributed by atoms with van der Waals surface area (Å²) in [4.78, 5) is 21.2. The third kappa shape index (κ3) is 3.37. The molecule has 0 aliphatic carbocycles. The van der Waals surface area contributed by atoms with Gasteiger partial charge in [-0.05, 0) is 48.6 Å². The fourth-order valence-electron chi connectivity index (χ4n) is 3.38. The van der Waals surface area contributed by atoms with Crippen LogP contribution < -0.4 is 5.56 Å². The summed E-state index contributed by atoms with van der Waals surface area (Å²) in [5.74, 6) is 1.31.